The molecular weight excluding hydrogens is 226 g/mol. The van der Waals surface area contributed by atoms with Gasteiger partial charge in [0.1, 0.15) is 0 Å². The normalized spacial score (nSPS) is 16.2. The lowest BCUT2D eigenvalue weighted by Crippen LogP contribution is -2.43. The third kappa shape index (κ3) is 1.82. The van der Waals surface area contributed by atoms with Gasteiger partial charge in [-0.2, -0.15) is 0 Å². The van der Waals surface area contributed by atoms with Crippen LogP contribution in [0.4, 0.5) is 5.69 Å². The molecule has 1 saturated heterocycles. The Labute approximate surface area is 107 Å². The van der Waals surface area contributed by atoms with Gasteiger partial charge in [-0.05, 0) is 25.1 Å². The third-order valence-corrected chi connectivity index (χ3v) is 3.53. The molecule has 1 aromatic carbocycles. The van der Waals surface area contributed by atoms with Crippen molar-refractivity contribution in [1.82, 2.24) is 10.3 Å². The summed E-state index contributed by atoms with van der Waals surface area (Å²) in [5, 5.41) is 4.55. The summed E-state index contributed by atoms with van der Waals surface area (Å²) in [5.74, 6) is 0.985. The Kier molecular flexibility index (Phi) is 2.88. The fraction of sp³-hybridized carbons (Fsp3) is 0.429. The number of piperazine rings is 1. The molecular formula is C14H19N3O. The summed E-state index contributed by atoms with van der Waals surface area (Å²) in [4.78, 5) is 5.74. The quantitative estimate of drug-likeness (QED) is 0.849. The van der Waals surface area contributed by atoms with Gasteiger partial charge in [-0.1, -0.05) is 0 Å². The monoisotopic (exact) mass is 245 g/mol. The number of hydrogen-bond donors (Lipinski definition) is 2. The Morgan fingerprint density at radius 1 is 1.22 bits per heavy atom. The van der Waals surface area contributed by atoms with Crippen molar-refractivity contribution in [3.8, 4) is 5.75 Å². The van der Waals surface area contributed by atoms with Crippen molar-refractivity contribution in [3.63, 3.8) is 0 Å². The molecule has 18 heavy (non-hydrogen) atoms. The van der Waals surface area contributed by atoms with Crippen molar-refractivity contribution in [1.29, 1.82) is 0 Å². The fourth-order valence-electron chi connectivity index (χ4n) is 2.67. The Bertz CT molecular complexity index is 555. The zero-order chi connectivity index (χ0) is 12.5. The molecule has 2 heterocycles. The second-order valence-electron chi connectivity index (χ2n) is 4.77. The van der Waals surface area contributed by atoms with Crippen LogP contribution in [0.2, 0.25) is 0 Å². The molecule has 3 rings (SSSR count). The van der Waals surface area contributed by atoms with E-state index in [4.69, 9.17) is 4.74 Å². The first-order valence-corrected chi connectivity index (χ1v) is 6.41. The minimum atomic E-state index is 0.985. The average Bonchev–Trinajstić information content (AvgIpc) is 2.78. The summed E-state index contributed by atoms with van der Waals surface area (Å²) in [6, 6.07) is 6.45. The van der Waals surface area contributed by atoms with E-state index in [1.165, 1.54) is 16.8 Å². The molecule has 4 heteroatoms. The maximum absolute atomic E-state index is 5.64. The van der Waals surface area contributed by atoms with Gasteiger partial charge in [-0.25, -0.2) is 0 Å². The van der Waals surface area contributed by atoms with Gasteiger partial charge in [0.2, 0.25) is 0 Å². The topological polar surface area (TPSA) is 40.3 Å². The molecule has 2 aromatic rings. The van der Waals surface area contributed by atoms with E-state index in [0.29, 0.717) is 0 Å². The molecule has 2 N–H and O–H groups in total. The predicted molar refractivity (Wildman–Crippen MR) is 74.7 cm³/mol. The molecule has 4 nitrogen and oxygen atoms in total. The van der Waals surface area contributed by atoms with Crippen molar-refractivity contribution < 1.29 is 4.74 Å². The predicted octanol–water partition coefficient (Wildman–Crippen LogP) is 1.89. The maximum atomic E-state index is 5.64. The Morgan fingerprint density at radius 2 is 2.00 bits per heavy atom. The molecule has 0 atom stereocenters. The summed E-state index contributed by atoms with van der Waals surface area (Å²) in [7, 11) is 1.75. The molecule has 0 bridgehead atoms. The van der Waals surface area contributed by atoms with E-state index in [1.54, 1.807) is 7.11 Å². The number of anilines is 1. The number of fused-ring (bicyclic) bond motifs is 1. The third-order valence-electron chi connectivity index (χ3n) is 3.53. The number of nitrogens with one attached hydrogen (secondary N) is 2. The van der Waals surface area contributed by atoms with Crippen LogP contribution in [0.1, 0.15) is 5.69 Å². The zero-order valence-electron chi connectivity index (χ0n) is 10.9. The molecule has 0 amide bonds. The number of nitrogens with zero attached hydrogens (tertiary/aromatic N) is 1. The van der Waals surface area contributed by atoms with Gasteiger partial charge >= 0.3 is 0 Å². The van der Waals surface area contributed by atoms with E-state index >= 15 is 0 Å². The number of aryl methyl sites for hydroxylation is 1. The number of hydrogen-bond acceptors (Lipinski definition) is 3. The van der Waals surface area contributed by atoms with Crippen LogP contribution in [0.15, 0.2) is 18.2 Å². The summed E-state index contributed by atoms with van der Waals surface area (Å²) < 4.78 is 5.64. The van der Waals surface area contributed by atoms with Gasteiger partial charge in [-0.15, -0.1) is 0 Å². The second kappa shape index (κ2) is 4.53. The number of benzene rings is 1. The molecule has 1 aliphatic heterocycles. The Balaban J connectivity index is 2.10. The SMILES string of the molecule is COc1c(N2CCNCC2)ccc2[nH]c(C)cc12. The zero-order valence-corrected chi connectivity index (χ0v) is 10.9. The molecule has 0 spiro atoms. The van der Waals surface area contributed by atoms with E-state index < -0.39 is 0 Å². The number of aromatic nitrogens is 1. The molecule has 0 unspecified atom stereocenters. The highest BCUT2D eigenvalue weighted by atomic mass is 16.5. The van der Waals surface area contributed by atoms with Gasteiger partial charge in [0.05, 0.1) is 12.8 Å². The Morgan fingerprint density at radius 3 is 2.72 bits per heavy atom. The van der Waals surface area contributed by atoms with E-state index in [2.05, 4.69) is 40.3 Å². The number of ether oxygens (including phenoxy) is 1. The molecule has 0 aliphatic carbocycles. The summed E-state index contributed by atoms with van der Waals surface area (Å²) in [5.41, 5.74) is 3.51. The molecule has 1 fully saturated rings. The van der Waals surface area contributed by atoms with Crippen LogP contribution >= 0.6 is 0 Å². The van der Waals surface area contributed by atoms with Crippen molar-refractivity contribution in [2.24, 2.45) is 0 Å². The fourth-order valence-corrected chi connectivity index (χ4v) is 2.67. The van der Waals surface area contributed by atoms with Crippen LogP contribution in [0, 0.1) is 6.92 Å². The standard InChI is InChI=1S/C14H19N3O/c1-10-9-11-12(16-10)3-4-13(14(11)18-2)17-7-5-15-6-8-17/h3-4,9,15-16H,5-8H2,1-2H3. The Hall–Kier alpha value is -1.68. The molecule has 0 radical (unpaired) electrons. The second-order valence-corrected chi connectivity index (χ2v) is 4.77. The molecule has 0 saturated carbocycles. The van der Waals surface area contributed by atoms with Gasteiger partial charge in [-0.3, -0.25) is 0 Å². The summed E-state index contributed by atoms with van der Waals surface area (Å²) in [6.07, 6.45) is 0. The highest BCUT2D eigenvalue weighted by molar-refractivity contribution is 5.92. The van der Waals surface area contributed by atoms with Crippen molar-refractivity contribution in [3.05, 3.63) is 23.9 Å². The minimum absolute atomic E-state index is 0.985. The number of H-pyrrole nitrogens is 1. The summed E-state index contributed by atoms with van der Waals surface area (Å²) >= 11 is 0. The van der Waals surface area contributed by atoms with Crippen LogP contribution in [0.25, 0.3) is 10.9 Å². The van der Waals surface area contributed by atoms with E-state index in [-0.39, 0.29) is 0 Å². The van der Waals surface area contributed by atoms with Gasteiger partial charge in [0.15, 0.2) is 5.75 Å². The smallest absolute Gasteiger partial charge is 0.151 e. The van der Waals surface area contributed by atoms with Crippen LogP contribution in [-0.2, 0) is 0 Å². The van der Waals surface area contributed by atoms with Gasteiger partial charge < -0.3 is 19.9 Å². The van der Waals surface area contributed by atoms with Gasteiger partial charge in [0.25, 0.3) is 0 Å². The highest BCUT2D eigenvalue weighted by Gasteiger charge is 2.17. The highest BCUT2D eigenvalue weighted by Crippen LogP contribution is 2.36. The van der Waals surface area contributed by atoms with E-state index in [9.17, 15) is 0 Å². The lowest BCUT2D eigenvalue weighted by atomic mass is 10.1. The van der Waals surface area contributed by atoms with Crippen LogP contribution < -0.4 is 15.0 Å². The van der Waals surface area contributed by atoms with Crippen LogP contribution in [0.5, 0.6) is 5.75 Å². The molecule has 96 valence electrons. The average molecular weight is 245 g/mol. The van der Waals surface area contributed by atoms with Crippen molar-refractivity contribution in [2.75, 3.05) is 38.2 Å². The first-order chi connectivity index (χ1) is 8.79. The number of methoxy groups -OCH3 is 1. The van der Waals surface area contributed by atoms with Crippen LogP contribution in [-0.4, -0.2) is 38.3 Å². The molecule has 1 aromatic heterocycles. The van der Waals surface area contributed by atoms with E-state index in [0.717, 1.165) is 37.4 Å². The first kappa shape index (κ1) is 11.4. The van der Waals surface area contributed by atoms with Crippen molar-refractivity contribution >= 4 is 16.6 Å². The largest absolute Gasteiger partial charge is 0.494 e. The molecule has 1 aliphatic rings. The van der Waals surface area contributed by atoms with Gasteiger partial charge in [0, 0.05) is 42.8 Å². The minimum Gasteiger partial charge on any atom is -0.494 e. The lowest BCUT2D eigenvalue weighted by Gasteiger charge is -2.30. The lowest BCUT2D eigenvalue weighted by molar-refractivity contribution is 0.418. The summed E-state index contributed by atoms with van der Waals surface area (Å²) in [6.45, 7) is 6.21. The van der Waals surface area contributed by atoms with Crippen molar-refractivity contribution in [2.45, 2.75) is 6.92 Å². The number of rotatable bonds is 2. The number of aromatic amines is 1. The van der Waals surface area contributed by atoms with Crippen LogP contribution in [0.3, 0.4) is 0 Å². The first-order valence-electron chi connectivity index (χ1n) is 6.41. The van der Waals surface area contributed by atoms with E-state index in [1.807, 2.05) is 0 Å². The maximum Gasteiger partial charge on any atom is 0.151 e.